The first kappa shape index (κ1) is 10.8. The molecular formula is C11H10N2O2. The number of nitrogens with zero attached hydrogens (tertiary/aromatic N) is 1. The lowest BCUT2D eigenvalue weighted by Crippen LogP contribution is -2.01. The van der Waals surface area contributed by atoms with Crippen LogP contribution in [0.2, 0.25) is 0 Å². The van der Waals surface area contributed by atoms with E-state index in [9.17, 15) is 4.79 Å². The minimum atomic E-state index is -0.981. The van der Waals surface area contributed by atoms with Gasteiger partial charge in [0.1, 0.15) is 6.07 Å². The van der Waals surface area contributed by atoms with Gasteiger partial charge in [-0.05, 0) is 12.1 Å². The molecule has 0 aliphatic heterocycles. The van der Waals surface area contributed by atoms with Gasteiger partial charge in [-0.2, -0.15) is 5.26 Å². The molecule has 0 aliphatic rings. The van der Waals surface area contributed by atoms with Gasteiger partial charge in [0, 0.05) is 12.6 Å². The Morgan fingerprint density at radius 1 is 1.53 bits per heavy atom. The van der Waals surface area contributed by atoms with Crippen molar-refractivity contribution in [3.05, 3.63) is 42.0 Å². The SMILES string of the molecule is N#Cc1ccccc1NC/C=C/C(=O)O. The lowest BCUT2D eigenvalue weighted by atomic mass is 10.2. The zero-order valence-corrected chi connectivity index (χ0v) is 7.97. The van der Waals surface area contributed by atoms with E-state index in [1.165, 1.54) is 6.08 Å². The first-order valence-corrected chi connectivity index (χ1v) is 4.36. The molecule has 0 unspecified atom stereocenters. The highest BCUT2D eigenvalue weighted by Gasteiger charge is 1.97. The first-order chi connectivity index (χ1) is 7.24. The Bertz CT molecular complexity index is 419. The summed E-state index contributed by atoms with van der Waals surface area (Å²) in [6.45, 7) is 0.380. The fourth-order valence-corrected chi connectivity index (χ4v) is 1.06. The lowest BCUT2D eigenvalue weighted by Gasteiger charge is -2.04. The third-order valence-corrected chi connectivity index (χ3v) is 1.72. The van der Waals surface area contributed by atoms with E-state index in [4.69, 9.17) is 10.4 Å². The fourth-order valence-electron chi connectivity index (χ4n) is 1.06. The molecule has 76 valence electrons. The molecule has 0 atom stereocenters. The Balaban J connectivity index is 2.58. The summed E-state index contributed by atoms with van der Waals surface area (Å²) in [4.78, 5) is 10.2. The molecule has 0 saturated carbocycles. The number of nitriles is 1. The Hall–Kier alpha value is -2.28. The summed E-state index contributed by atoms with van der Waals surface area (Å²) in [5.74, 6) is -0.981. The third-order valence-electron chi connectivity index (χ3n) is 1.72. The smallest absolute Gasteiger partial charge is 0.328 e. The van der Waals surface area contributed by atoms with Crippen LogP contribution in [0, 0.1) is 11.3 Å². The zero-order chi connectivity index (χ0) is 11.1. The lowest BCUT2D eigenvalue weighted by molar-refractivity contribution is -0.131. The molecule has 0 aliphatic carbocycles. The average Bonchev–Trinajstić information content (AvgIpc) is 2.24. The molecule has 0 heterocycles. The summed E-state index contributed by atoms with van der Waals surface area (Å²) in [7, 11) is 0. The van der Waals surface area contributed by atoms with Gasteiger partial charge in [-0.25, -0.2) is 4.79 Å². The molecule has 0 amide bonds. The summed E-state index contributed by atoms with van der Waals surface area (Å²) in [5, 5.41) is 20.1. The van der Waals surface area contributed by atoms with E-state index in [2.05, 4.69) is 5.32 Å². The summed E-state index contributed by atoms with van der Waals surface area (Å²) in [5.41, 5.74) is 1.25. The molecule has 0 aromatic heterocycles. The molecule has 1 rings (SSSR count). The van der Waals surface area contributed by atoms with Crippen molar-refractivity contribution in [3.8, 4) is 6.07 Å². The second-order valence-corrected chi connectivity index (χ2v) is 2.78. The van der Waals surface area contributed by atoms with Crippen LogP contribution in [-0.4, -0.2) is 17.6 Å². The molecule has 1 aromatic rings. The number of nitrogens with one attached hydrogen (secondary N) is 1. The van der Waals surface area contributed by atoms with E-state index >= 15 is 0 Å². The Morgan fingerprint density at radius 3 is 2.93 bits per heavy atom. The summed E-state index contributed by atoms with van der Waals surface area (Å²) < 4.78 is 0. The monoisotopic (exact) mass is 202 g/mol. The molecule has 0 spiro atoms. The molecule has 0 radical (unpaired) electrons. The molecule has 0 bridgehead atoms. The summed E-state index contributed by atoms with van der Waals surface area (Å²) >= 11 is 0. The van der Waals surface area contributed by atoms with Crippen molar-refractivity contribution < 1.29 is 9.90 Å². The quantitative estimate of drug-likeness (QED) is 0.727. The third kappa shape index (κ3) is 3.53. The Labute approximate surface area is 87.5 Å². The normalized spacial score (nSPS) is 9.80. The van der Waals surface area contributed by atoms with Crippen LogP contribution in [0.1, 0.15) is 5.56 Å². The molecule has 4 nitrogen and oxygen atoms in total. The molecule has 2 N–H and O–H groups in total. The van der Waals surface area contributed by atoms with E-state index in [0.717, 1.165) is 6.08 Å². The highest BCUT2D eigenvalue weighted by molar-refractivity contribution is 5.79. The maximum Gasteiger partial charge on any atom is 0.328 e. The molecule has 15 heavy (non-hydrogen) atoms. The molecule has 0 saturated heterocycles. The van der Waals surface area contributed by atoms with Crippen molar-refractivity contribution in [2.75, 3.05) is 11.9 Å². The van der Waals surface area contributed by atoms with Crippen LogP contribution in [0.25, 0.3) is 0 Å². The van der Waals surface area contributed by atoms with Crippen molar-refractivity contribution in [3.63, 3.8) is 0 Å². The van der Waals surface area contributed by atoms with Crippen LogP contribution in [0.3, 0.4) is 0 Å². The van der Waals surface area contributed by atoms with Gasteiger partial charge in [-0.3, -0.25) is 0 Å². The number of hydrogen-bond acceptors (Lipinski definition) is 3. The van der Waals surface area contributed by atoms with Crippen molar-refractivity contribution in [1.29, 1.82) is 5.26 Å². The fraction of sp³-hybridized carbons (Fsp3) is 0.0909. The molecule has 0 fully saturated rings. The van der Waals surface area contributed by atoms with E-state index in [-0.39, 0.29) is 0 Å². The first-order valence-electron chi connectivity index (χ1n) is 4.36. The molecule has 1 aromatic carbocycles. The number of carbonyl (C=O) groups is 1. The highest BCUT2D eigenvalue weighted by atomic mass is 16.4. The van der Waals surface area contributed by atoms with E-state index in [0.29, 0.717) is 17.8 Å². The van der Waals surface area contributed by atoms with Gasteiger partial charge in [-0.1, -0.05) is 18.2 Å². The number of hydrogen-bond donors (Lipinski definition) is 2. The average molecular weight is 202 g/mol. The van der Waals surface area contributed by atoms with Gasteiger partial charge < -0.3 is 10.4 Å². The van der Waals surface area contributed by atoms with Crippen molar-refractivity contribution >= 4 is 11.7 Å². The van der Waals surface area contributed by atoms with Gasteiger partial charge in [0.2, 0.25) is 0 Å². The van der Waals surface area contributed by atoms with E-state index < -0.39 is 5.97 Å². The topological polar surface area (TPSA) is 73.1 Å². The number of anilines is 1. The number of benzene rings is 1. The zero-order valence-electron chi connectivity index (χ0n) is 7.97. The van der Waals surface area contributed by atoms with Crippen LogP contribution in [0.15, 0.2) is 36.4 Å². The van der Waals surface area contributed by atoms with Crippen LogP contribution in [-0.2, 0) is 4.79 Å². The van der Waals surface area contributed by atoms with Crippen LogP contribution >= 0.6 is 0 Å². The number of para-hydroxylation sites is 1. The van der Waals surface area contributed by atoms with Crippen molar-refractivity contribution in [2.45, 2.75) is 0 Å². The van der Waals surface area contributed by atoms with Gasteiger partial charge in [0.25, 0.3) is 0 Å². The van der Waals surface area contributed by atoms with E-state index in [1.807, 2.05) is 12.1 Å². The van der Waals surface area contributed by atoms with Gasteiger partial charge >= 0.3 is 5.97 Å². The predicted octanol–water partition coefficient (Wildman–Crippen LogP) is 1.61. The minimum Gasteiger partial charge on any atom is -0.478 e. The number of aliphatic carboxylic acids is 1. The largest absolute Gasteiger partial charge is 0.478 e. The summed E-state index contributed by atoms with van der Waals surface area (Å²) in [6, 6.07) is 9.10. The second kappa shape index (κ2) is 5.45. The minimum absolute atomic E-state index is 0.380. The number of carboxylic acid groups (broad SMARTS) is 1. The maximum absolute atomic E-state index is 10.2. The van der Waals surface area contributed by atoms with Gasteiger partial charge in [-0.15, -0.1) is 0 Å². The number of rotatable bonds is 4. The Morgan fingerprint density at radius 2 is 2.27 bits per heavy atom. The van der Waals surface area contributed by atoms with Crippen molar-refractivity contribution in [1.82, 2.24) is 0 Å². The number of carboxylic acids is 1. The highest BCUT2D eigenvalue weighted by Crippen LogP contribution is 2.12. The van der Waals surface area contributed by atoms with Crippen molar-refractivity contribution in [2.24, 2.45) is 0 Å². The summed E-state index contributed by atoms with van der Waals surface area (Å²) in [6.07, 6.45) is 2.54. The van der Waals surface area contributed by atoms with Gasteiger partial charge in [0.15, 0.2) is 0 Å². The molecule has 4 heteroatoms. The van der Waals surface area contributed by atoms with Crippen LogP contribution in [0.5, 0.6) is 0 Å². The van der Waals surface area contributed by atoms with E-state index in [1.54, 1.807) is 18.2 Å². The van der Waals surface area contributed by atoms with Gasteiger partial charge in [0.05, 0.1) is 11.3 Å². The standard InChI is InChI=1S/C11H10N2O2/c12-8-9-4-1-2-5-10(9)13-7-3-6-11(14)15/h1-6,13H,7H2,(H,14,15)/b6-3+. The predicted molar refractivity (Wildman–Crippen MR) is 56.4 cm³/mol. The Kier molecular flexibility index (Phi) is 3.92. The van der Waals surface area contributed by atoms with Crippen LogP contribution in [0.4, 0.5) is 5.69 Å². The molecular weight excluding hydrogens is 192 g/mol. The van der Waals surface area contributed by atoms with Crippen LogP contribution < -0.4 is 5.32 Å². The maximum atomic E-state index is 10.2. The second-order valence-electron chi connectivity index (χ2n) is 2.78.